The molecule has 0 amide bonds. The average molecular weight is 394 g/mol. The van der Waals surface area contributed by atoms with Crippen LogP contribution in [0.4, 0.5) is 5.82 Å². The van der Waals surface area contributed by atoms with Crippen molar-refractivity contribution < 1.29 is 0 Å². The molecule has 4 rings (SSSR count). The maximum absolute atomic E-state index is 6.10. The highest BCUT2D eigenvalue weighted by Crippen LogP contribution is 2.30. The second-order valence-electron chi connectivity index (χ2n) is 5.70. The summed E-state index contributed by atoms with van der Waals surface area (Å²) in [6, 6.07) is 16.0. The van der Waals surface area contributed by atoms with Crippen LogP contribution in [0.3, 0.4) is 0 Å². The molecule has 4 aromatic rings. The predicted molar refractivity (Wildman–Crippen MR) is 104 cm³/mol. The van der Waals surface area contributed by atoms with E-state index in [4.69, 9.17) is 10.7 Å². The Hall–Kier alpha value is -2.73. The van der Waals surface area contributed by atoms with Gasteiger partial charge in [0.1, 0.15) is 15.9 Å². The maximum Gasteiger partial charge on any atom is 0.166 e. The SMILES string of the molecule is CCc1ccc(-n2c(-c3cccnc3N)nc3ccc(Br)nc32)cc1. The van der Waals surface area contributed by atoms with Crippen LogP contribution in [0.1, 0.15) is 12.5 Å². The molecular weight excluding hydrogens is 378 g/mol. The van der Waals surface area contributed by atoms with Crippen molar-refractivity contribution in [3.63, 3.8) is 0 Å². The van der Waals surface area contributed by atoms with E-state index < -0.39 is 0 Å². The van der Waals surface area contributed by atoms with Gasteiger partial charge in [-0.2, -0.15) is 0 Å². The Bertz CT molecular complexity index is 1050. The first kappa shape index (κ1) is 15.8. The van der Waals surface area contributed by atoms with Crippen LogP contribution < -0.4 is 5.73 Å². The first-order valence-electron chi connectivity index (χ1n) is 8.02. The Morgan fingerprint density at radius 2 is 1.84 bits per heavy atom. The molecule has 1 aromatic carbocycles. The molecule has 0 spiro atoms. The lowest BCUT2D eigenvalue weighted by molar-refractivity contribution is 1.06. The van der Waals surface area contributed by atoms with Gasteiger partial charge in [-0.15, -0.1) is 0 Å². The van der Waals surface area contributed by atoms with E-state index in [1.54, 1.807) is 6.20 Å². The number of hydrogen-bond acceptors (Lipinski definition) is 4. The molecule has 124 valence electrons. The van der Waals surface area contributed by atoms with E-state index in [-0.39, 0.29) is 0 Å². The summed E-state index contributed by atoms with van der Waals surface area (Å²) in [6.07, 6.45) is 2.67. The first-order valence-corrected chi connectivity index (χ1v) is 8.82. The second-order valence-corrected chi connectivity index (χ2v) is 6.52. The van der Waals surface area contributed by atoms with E-state index in [2.05, 4.69) is 57.1 Å². The van der Waals surface area contributed by atoms with Crippen molar-refractivity contribution in [3.8, 4) is 17.1 Å². The average Bonchev–Trinajstić information content (AvgIpc) is 3.00. The number of aromatic nitrogens is 4. The zero-order chi connectivity index (χ0) is 17.4. The molecule has 6 heteroatoms. The van der Waals surface area contributed by atoms with E-state index in [0.29, 0.717) is 5.82 Å². The molecule has 0 unspecified atom stereocenters. The summed E-state index contributed by atoms with van der Waals surface area (Å²) in [6.45, 7) is 2.14. The fourth-order valence-corrected chi connectivity index (χ4v) is 3.15. The summed E-state index contributed by atoms with van der Waals surface area (Å²) in [5.74, 6) is 1.18. The van der Waals surface area contributed by atoms with E-state index in [1.807, 2.05) is 28.8 Å². The fraction of sp³-hybridized carbons (Fsp3) is 0.105. The van der Waals surface area contributed by atoms with Crippen molar-refractivity contribution in [2.75, 3.05) is 5.73 Å². The largest absolute Gasteiger partial charge is 0.383 e. The number of fused-ring (bicyclic) bond motifs is 1. The summed E-state index contributed by atoms with van der Waals surface area (Å²) in [5.41, 5.74) is 10.7. The Balaban J connectivity index is 2.03. The first-order chi connectivity index (χ1) is 12.2. The summed E-state index contributed by atoms with van der Waals surface area (Å²) < 4.78 is 2.78. The number of halogens is 1. The number of nitrogens with zero attached hydrogens (tertiary/aromatic N) is 4. The quantitative estimate of drug-likeness (QED) is 0.524. The van der Waals surface area contributed by atoms with Crippen molar-refractivity contribution in [3.05, 3.63) is 64.9 Å². The van der Waals surface area contributed by atoms with E-state index in [9.17, 15) is 0 Å². The van der Waals surface area contributed by atoms with Crippen LogP contribution in [0.25, 0.3) is 28.2 Å². The molecule has 0 aliphatic rings. The number of anilines is 1. The highest BCUT2D eigenvalue weighted by Gasteiger charge is 2.17. The molecule has 2 N–H and O–H groups in total. The standard InChI is InChI=1S/C19H16BrN5/c1-2-12-5-7-13(8-6-12)25-18(14-4-3-11-22-17(14)21)23-15-9-10-16(20)24-19(15)25/h3-11H,2H2,1H3,(H2,21,22). The predicted octanol–water partition coefficient (Wildman–Crippen LogP) is 4.39. The van der Waals surface area contributed by atoms with Gasteiger partial charge in [0.15, 0.2) is 11.5 Å². The van der Waals surface area contributed by atoms with Crippen molar-refractivity contribution in [2.24, 2.45) is 0 Å². The van der Waals surface area contributed by atoms with Crippen molar-refractivity contribution >= 4 is 32.9 Å². The van der Waals surface area contributed by atoms with Crippen LogP contribution in [0.15, 0.2) is 59.3 Å². The monoisotopic (exact) mass is 393 g/mol. The highest BCUT2D eigenvalue weighted by molar-refractivity contribution is 9.10. The molecule has 0 aliphatic heterocycles. The van der Waals surface area contributed by atoms with Gasteiger partial charge in [-0.25, -0.2) is 15.0 Å². The molecule has 25 heavy (non-hydrogen) atoms. The number of benzene rings is 1. The van der Waals surface area contributed by atoms with E-state index in [1.165, 1.54) is 5.56 Å². The Morgan fingerprint density at radius 1 is 1.04 bits per heavy atom. The van der Waals surface area contributed by atoms with Gasteiger partial charge in [0, 0.05) is 11.9 Å². The minimum absolute atomic E-state index is 0.448. The Morgan fingerprint density at radius 3 is 2.56 bits per heavy atom. The van der Waals surface area contributed by atoms with Crippen molar-refractivity contribution in [2.45, 2.75) is 13.3 Å². The summed E-state index contributed by atoms with van der Waals surface area (Å²) in [5, 5.41) is 0. The summed E-state index contributed by atoms with van der Waals surface area (Å²) >= 11 is 3.45. The topological polar surface area (TPSA) is 69.6 Å². The number of imidazole rings is 1. The molecule has 0 aliphatic carbocycles. The third-order valence-electron chi connectivity index (χ3n) is 4.15. The van der Waals surface area contributed by atoms with E-state index >= 15 is 0 Å². The fourth-order valence-electron chi connectivity index (χ4n) is 2.85. The van der Waals surface area contributed by atoms with Crippen LogP contribution in [0.2, 0.25) is 0 Å². The maximum atomic E-state index is 6.10. The molecular formula is C19H16BrN5. The third kappa shape index (κ3) is 2.78. The molecule has 0 bridgehead atoms. The Labute approximate surface area is 153 Å². The van der Waals surface area contributed by atoms with Crippen LogP contribution in [0, 0.1) is 0 Å². The minimum Gasteiger partial charge on any atom is -0.383 e. The van der Waals surface area contributed by atoms with Gasteiger partial charge < -0.3 is 5.73 Å². The number of nitrogen functional groups attached to an aromatic ring is 1. The molecule has 0 fully saturated rings. The lowest BCUT2D eigenvalue weighted by Gasteiger charge is -2.10. The van der Waals surface area contributed by atoms with Gasteiger partial charge in [-0.1, -0.05) is 19.1 Å². The van der Waals surface area contributed by atoms with Gasteiger partial charge in [0.2, 0.25) is 0 Å². The van der Waals surface area contributed by atoms with Crippen LogP contribution in [-0.4, -0.2) is 19.5 Å². The molecule has 3 heterocycles. The minimum atomic E-state index is 0.448. The third-order valence-corrected chi connectivity index (χ3v) is 4.59. The van der Waals surface area contributed by atoms with Crippen LogP contribution in [0.5, 0.6) is 0 Å². The summed E-state index contributed by atoms with van der Waals surface area (Å²) in [4.78, 5) is 13.6. The normalized spacial score (nSPS) is 11.1. The van der Waals surface area contributed by atoms with Gasteiger partial charge in [-0.3, -0.25) is 4.57 Å². The van der Waals surface area contributed by atoms with Gasteiger partial charge in [0.05, 0.1) is 5.56 Å². The number of aryl methyl sites for hydroxylation is 1. The second kappa shape index (κ2) is 6.29. The van der Waals surface area contributed by atoms with Crippen molar-refractivity contribution in [1.29, 1.82) is 0 Å². The highest BCUT2D eigenvalue weighted by atomic mass is 79.9. The van der Waals surface area contributed by atoms with Gasteiger partial charge in [-0.05, 0) is 64.3 Å². The molecule has 0 radical (unpaired) electrons. The zero-order valence-corrected chi connectivity index (χ0v) is 15.2. The van der Waals surface area contributed by atoms with Gasteiger partial charge in [0.25, 0.3) is 0 Å². The lowest BCUT2D eigenvalue weighted by Crippen LogP contribution is -2.02. The number of nitrogens with two attached hydrogens (primary N) is 1. The Kier molecular flexibility index (Phi) is 3.97. The smallest absolute Gasteiger partial charge is 0.166 e. The van der Waals surface area contributed by atoms with Crippen LogP contribution >= 0.6 is 15.9 Å². The molecule has 5 nitrogen and oxygen atoms in total. The van der Waals surface area contributed by atoms with Gasteiger partial charge >= 0.3 is 0 Å². The molecule has 3 aromatic heterocycles. The molecule has 0 saturated carbocycles. The zero-order valence-electron chi connectivity index (χ0n) is 13.6. The lowest BCUT2D eigenvalue weighted by atomic mass is 10.1. The number of rotatable bonds is 3. The van der Waals surface area contributed by atoms with Crippen LogP contribution in [-0.2, 0) is 6.42 Å². The summed E-state index contributed by atoms with van der Waals surface area (Å²) in [7, 11) is 0. The number of hydrogen-bond donors (Lipinski definition) is 1. The molecule has 0 saturated heterocycles. The molecule has 0 atom stereocenters. The van der Waals surface area contributed by atoms with E-state index in [0.717, 1.165) is 39.3 Å². The number of pyridine rings is 2. The van der Waals surface area contributed by atoms with Crippen molar-refractivity contribution in [1.82, 2.24) is 19.5 Å².